The second-order valence-corrected chi connectivity index (χ2v) is 6.87. The summed E-state index contributed by atoms with van der Waals surface area (Å²) in [5.41, 5.74) is 2.82. The molecule has 4 rings (SSSR count). The maximum atomic E-state index is 10.8. The fraction of sp³-hybridized carbons (Fsp3) is 0.250. The predicted octanol–water partition coefficient (Wildman–Crippen LogP) is 3.90. The number of nitrogens with one attached hydrogen (secondary N) is 1. The lowest BCUT2D eigenvalue weighted by Crippen LogP contribution is -2.21. The molecule has 2 heterocycles. The van der Waals surface area contributed by atoms with Crippen LogP contribution in [0.25, 0.3) is 11.4 Å². The topological polar surface area (TPSA) is 93.8 Å². The van der Waals surface area contributed by atoms with E-state index in [0.717, 1.165) is 42.2 Å². The second-order valence-electron chi connectivity index (χ2n) is 6.87. The standard InChI is InChI=1S/C20H19N5O2/c1-14-12-18(22-13-20(9-10-20)17-4-2-3-11-21-17)24-19(23-14)15-5-7-16(8-6-15)25(26)27/h2-8,11-12H,9-10,13H2,1H3,(H,22,23,24). The third-order valence-corrected chi connectivity index (χ3v) is 4.86. The van der Waals surface area contributed by atoms with Crippen molar-refractivity contribution in [1.29, 1.82) is 0 Å². The summed E-state index contributed by atoms with van der Waals surface area (Å²) in [6, 6.07) is 14.2. The predicted molar refractivity (Wildman–Crippen MR) is 102 cm³/mol. The van der Waals surface area contributed by atoms with E-state index in [9.17, 15) is 10.1 Å². The molecule has 1 aliphatic carbocycles. The summed E-state index contributed by atoms with van der Waals surface area (Å²) >= 11 is 0. The van der Waals surface area contributed by atoms with Gasteiger partial charge in [0.25, 0.3) is 5.69 Å². The molecular weight excluding hydrogens is 342 g/mol. The van der Waals surface area contributed by atoms with Crippen molar-refractivity contribution in [1.82, 2.24) is 15.0 Å². The van der Waals surface area contributed by atoms with Gasteiger partial charge in [0.2, 0.25) is 0 Å². The number of aromatic nitrogens is 3. The van der Waals surface area contributed by atoms with Crippen molar-refractivity contribution in [3.63, 3.8) is 0 Å². The van der Waals surface area contributed by atoms with Crippen LogP contribution < -0.4 is 5.32 Å². The van der Waals surface area contributed by atoms with E-state index in [-0.39, 0.29) is 11.1 Å². The lowest BCUT2D eigenvalue weighted by Gasteiger charge is -2.16. The molecule has 0 spiro atoms. The van der Waals surface area contributed by atoms with E-state index < -0.39 is 4.92 Å². The van der Waals surface area contributed by atoms with Gasteiger partial charge in [-0.2, -0.15) is 0 Å². The molecule has 1 fully saturated rings. The van der Waals surface area contributed by atoms with Crippen LogP contribution in [0.5, 0.6) is 0 Å². The highest BCUT2D eigenvalue weighted by Crippen LogP contribution is 2.47. The molecule has 2 aromatic heterocycles. The molecule has 0 saturated heterocycles. The van der Waals surface area contributed by atoms with E-state index in [1.54, 1.807) is 12.1 Å². The molecule has 0 atom stereocenters. The number of hydrogen-bond donors (Lipinski definition) is 1. The van der Waals surface area contributed by atoms with Crippen molar-refractivity contribution in [3.05, 3.63) is 76.2 Å². The van der Waals surface area contributed by atoms with Crippen molar-refractivity contribution >= 4 is 11.5 Å². The maximum absolute atomic E-state index is 10.8. The number of nitro benzene ring substituents is 1. The molecule has 1 aliphatic rings. The van der Waals surface area contributed by atoms with Gasteiger partial charge >= 0.3 is 0 Å². The Morgan fingerprint density at radius 1 is 1.15 bits per heavy atom. The molecule has 0 amide bonds. The Kier molecular flexibility index (Phi) is 4.27. The van der Waals surface area contributed by atoms with Gasteiger partial charge in [-0.15, -0.1) is 0 Å². The number of hydrogen-bond acceptors (Lipinski definition) is 6. The highest BCUT2D eigenvalue weighted by molar-refractivity contribution is 5.59. The van der Waals surface area contributed by atoms with Gasteiger partial charge in [-0.3, -0.25) is 15.1 Å². The van der Waals surface area contributed by atoms with E-state index in [1.807, 2.05) is 31.3 Å². The molecule has 27 heavy (non-hydrogen) atoms. The van der Waals surface area contributed by atoms with Crippen LogP contribution in [0, 0.1) is 17.0 Å². The van der Waals surface area contributed by atoms with Gasteiger partial charge in [-0.1, -0.05) is 6.07 Å². The fourth-order valence-corrected chi connectivity index (χ4v) is 3.13. The fourth-order valence-electron chi connectivity index (χ4n) is 3.13. The molecule has 0 aliphatic heterocycles. The van der Waals surface area contributed by atoms with E-state index >= 15 is 0 Å². The molecule has 7 heteroatoms. The molecule has 0 bridgehead atoms. The molecule has 1 saturated carbocycles. The van der Waals surface area contributed by atoms with Gasteiger partial charge in [0.05, 0.1) is 4.92 Å². The first kappa shape index (κ1) is 17.1. The normalized spacial score (nSPS) is 14.6. The Balaban J connectivity index is 1.54. The van der Waals surface area contributed by atoms with E-state index in [0.29, 0.717) is 5.82 Å². The lowest BCUT2D eigenvalue weighted by molar-refractivity contribution is -0.384. The van der Waals surface area contributed by atoms with Crippen LogP contribution in [0.1, 0.15) is 24.2 Å². The van der Waals surface area contributed by atoms with Crippen molar-refractivity contribution in [2.24, 2.45) is 0 Å². The number of anilines is 1. The number of aryl methyl sites for hydroxylation is 1. The number of pyridine rings is 1. The largest absolute Gasteiger partial charge is 0.369 e. The van der Waals surface area contributed by atoms with Crippen LogP contribution in [-0.4, -0.2) is 26.4 Å². The van der Waals surface area contributed by atoms with Gasteiger partial charge in [0.15, 0.2) is 5.82 Å². The van der Waals surface area contributed by atoms with E-state index in [1.165, 1.54) is 12.1 Å². The Labute approximate surface area is 156 Å². The average Bonchev–Trinajstić information content (AvgIpc) is 3.48. The van der Waals surface area contributed by atoms with Crippen molar-refractivity contribution < 1.29 is 4.92 Å². The highest BCUT2D eigenvalue weighted by Gasteiger charge is 2.45. The van der Waals surface area contributed by atoms with Crippen LogP contribution in [0.15, 0.2) is 54.7 Å². The zero-order valence-corrected chi connectivity index (χ0v) is 14.9. The van der Waals surface area contributed by atoms with Crippen molar-refractivity contribution in [2.45, 2.75) is 25.2 Å². The second kappa shape index (κ2) is 6.75. The van der Waals surface area contributed by atoms with Crippen LogP contribution in [0.3, 0.4) is 0 Å². The molecule has 7 nitrogen and oxygen atoms in total. The van der Waals surface area contributed by atoms with Gasteiger partial charge < -0.3 is 5.32 Å². The SMILES string of the molecule is Cc1cc(NCC2(c3ccccn3)CC2)nc(-c2ccc([N+](=O)[O-])cc2)n1. The quantitative estimate of drug-likeness (QED) is 0.529. The summed E-state index contributed by atoms with van der Waals surface area (Å²) in [6.45, 7) is 2.67. The number of nitrogens with zero attached hydrogens (tertiary/aromatic N) is 4. The Morgan fingerprint density at radius 2 is 1.93 bits per heavy atom. The minimum Gasteiger partial charge on any atom is -0.369 e. The third kappa shape index (κ3) is 3.62. The van der Waals surface area contributed by atoms with Crippen LogP contribution >= 0.6 is 0 Å². The summed E-state index contributed by atoms with van der Waals surface area (Å²) in [4.78, 5) is 24.0. The van der Waals surface area contributed by atoms with Gasteiger partial charge in [-0.05, 0) is 44.0 Å². The number of benzene rings is 1. The van der Waals surface area contributed by atoms with E-state index in [2.05, 4.69) is 26.3 Å². The molecule has 1 aromatic carbocycles. The summed E-state index contributed by atoms with van der Waals surface area (Å²) < 4.78 is 0. The Hall–Kier alpha value is -3.35. The number of nitro groups is 1. The maximum Gasteiger partial charge on any atom is 0.269 e. The Morgan fingerprint density at radius 3 is 2.56 bits per heavy atom. The molecule has 0 radical (unpaired) electrons. The Bertz CT molecular complexity index is 969. The molecule has 1 N–H and O–H groups in total. The van der Waals surface area contributed by atoms with Crippen LogP contribution in [0.4, 0.5) is 11.5 Å². The smallest absolute Gasteiger partial charge is 0.269 e. The van der Waals surface area contributed by atoms with Gasteiger partial charge in [0, 0.05) is 53.3 Å². The van der Waals surface area contributed by atoms with Crippen molar-refractivity contribution in [3.8, 4) is 11.4 Å². The van der Waals surface area contributed by atoms with Crippen LogP contribution in [-0.2, 0) is 5.41 Å². The van der Waals surface area contributed by atoms with Gasteiger partial charge in [-0.25, -0.2) is 9.97 Å². The number of non-ortho nitro benzene ring substituents is 1. The molecule has 3 aromatic rings. The zero-order valence-electron chi connectivity index (χ0n) is 14.9. The van der Waals surface area contributed by atoms with E-state index in [4.69, 9.17) is 0 Å². The summed E-state index contributed by atoms with van der Waals surface area (Å²) in [6.07, 6.45) is 4.05. The minimum atomic E-state index is -0.416. The summed E-state index contributed by atoms with van der Waals surface area (Å²) in [5, 5.41) is 14.2. The summed E-state index contributed by atoms with van der Waals surface area (Å²) in [5.74, 6) is 1.30. The van der Waals surface area contributed by atoms with Gasteiger partial charge in [0.1, 0.15) is 5.82 Å². The monoisotopic (exact) mass is 361 g/mol. The van der Waals surface area contributed by atoms with Crippen LogP contribution in [0.2, 0.25) is 0 Å². The zero-order chi connectivity index (χ0) is 18.9. The molecule has 0 unspecified atom stereocenters. The summed E-state index contributed by atoms with van der Waals surface area (Å²) in [7, 11) is 0. The molecular formula is C20H19N5O2. The first-order valence-electron chi connectivity index (χ1n) is 8.82. The first-order valence-corrected chi connectivity index (χ1v) is 8.82. The molecule has 136 valence electrons. The lowest BCUT2D eigenvalue weighted by atomic mass is 10.0. The average molecular weight is 361 g/mol. The third-order valence-electron chi connectivity index (χ3n) is 4.86. The van der Waals surface area contributed by atoms with Crippen molar-refractivity contribution in [2.75, 3.05) is 11.9 Å². The highest BCUT2D eigenvalue weighted by atomic mass is 16.6. The first-order chi connectivity index (χ1) is 13.1. The number of rotatable bonds is 6. The minimum absolute atomic E-state index is 0.0517.